The molecule has 2 aromatic carbocycles. The van der Waals surface area contributed by atoms with Crippen LogP contribution < -0.4 is 0 Å². The van der Waals surface area contributed by atoms with Gasteiger partial charge >= 0.3 is 0 Å². The van der Waals surface area contributed by atoms with E-state index in [1.165, 1.54) is 0 Å². The molecule has 0 aromatic heterocycles. The van der Waals surface area contributed by atoms with Gasteiger partial charge in [-0.1, -0.05) is 47.7 Å². The van der Waals surface area contributed by atoms with Crippen LogP contribution in [0.15, 0.2) is 36.4 Å². The van der Waals surface area contributed by atoms with Crippen molar-refractivity contribution < 1.29 is 14.7 Å². The lowest BCUT2D eigenvalue weighted by atomic mass is 9.83. The van der Waals surface area contributed by atoms with Crippen LogP contribution in [0.3, 0.4) is 0 Å². The Morgan fingerprint density at radius 2 is 1.57 bits per heavy atom. The van der Waals surface area contributed by atoms with Crippen LogP contribution in [0.25, 0.3) is 0 Å². The van der Waals surface area contributed by atoms with Gasteiger partial charge in [0.2, 0.25) is 0 Å². The van der Waals surface area contributed by atoms with Gasteiger partial charge in [0.25, 0.3) is 0 Å². The Labute approximate surface area is 138 Å². The van der Waals surface area contributed by atoms with Crippen molar-refractivity contribution in [2.45, 2.75) is 19.4 Å². The lowest BCUT2D eigenvalue weighted by Gasteiger charge is -2.18. The number of fused-ring (bicyclic) bond motifs is 2. The molecule has 4 heteroatoms. The van der Waals surface area contributed by atoms with E-state index in [4.69, 9.17) is 11.6 Å². The van der Waals surface area contributed by atoms with Gasteiger partial charge < -0.3 is 5.11 Å². The van der Waals surface area contributed by atoms with Crippen LogP contribution in [0.4, 0.5) is 0 Å². The van der Waals surface area contributed by atoms with Crippen LogP contribution in [0.5, 0.6) is 0 Å². The second kappa shape index (κ2) is 5.34. The Balaban J connectivity index is 2.20. The van der Waals surface area contributed by atoms with Crippen LogP contribution in [0.1, 0.15) is 51.3 Å². The third kappa shape index (κ3) is 2.68. The van der Waals surface area contributed by atoms with E-state index >= 15 is 0 Å². The standard InChI is InChI=1S/C19H13ClO3/c1-19(2,23)10-9-11-7-8-14-15(16(11)20)18(22)13-6-4-3-5-12(13)17(14)21/h3-8,23H,1-2H3. The van der Waals surface area contributed by atoms with Crippen LogP contribution in [-0.2, 0) is 0 Å². The van der Waals surface area contributed by atoms with E-state index in [0.29, 0.717) is 16.7 Å². The summed E-state index contributed by atoms with van der Waals surface area (Å²) in [6, 6.07) is 9.84. The number of halogens is 1. The second-order valence-corrected chi connectivity index (χ2v) is 6.24. The third-order valence-corrected chi connectivity index (χ3v) is 3.93. The molecule has 0 spiro atoms. The predicted octanol–water partition coefficient (Wildman–Crippen LogP) is 3.24. The predicted molar refractivity (Wildman–Crippen MR) is 87.9 cm³/mol. The van der Waals surface area contributed by atoms with Crippen LogP contribution >= 0.6 is 11.6 Å². The van der Waals surface area contributed by atoms with E-state index in [9.17, 15) is 14.7 Å². The molecule has 1 aliphatic carbocycles. The van der Waals surface area contributed by atoms with Gasteiger partial charge in [-0.25, -0.2) is 0 Å². The molecule has 3 nitrogen and oxygen atoms in total. The van der Waals surface area contributed by atoms with Crippen molar-refractivity contribution in [2.24, 2.45) is 0 Å². The minimum absolute atomic E-state index is 0.145. The SMILES string of the molecule is CC(C)(O)C#Cc1ccc2c(c1Cl)C(=O)c1ccccc1C2=O. The molecule has 0 radical (unpaired) electrons. The average Bonchev–Trinajstić information content (AvgIpc) is 2.50. The van der Waals surface area contributed by atoms with Gasteiger partial charge in [-0.3, -0.25) is 9.59 Å². The number of benzene rings is 2. The largest absolute Gasteiger partial charge is 0.378 e. The van der Waals surface area contributed by atoms with Crippen molar-refractivity contribution in [3.05, 3.63) is 69.2 Å². The molecule has 114 valence electrons. The molecule has 0 atom stereocenters. The zero-order valence-corrected chi connectivity index (χ0v) is 13.4. The molecule has 0 saturated heterocycles. The highest BCUT2D eigenvalue weighted by Gasteiger charge is 2.31. The van der Waals surface area contributed by atoms with Gasteiger partial charge in [-0.15, -0.1) is 0 Å². The van der Waals surface area contributed by atoms with E-state index in [-0.39, 0.29) is 27.7 Å². The smallest absolute Gasteiger partial charge is 0.196 e. The van der Waals surface area contributed by atoms with Crippen molar-refractivity contribution in [1.29, 1.82) is 0 Å². The number of aliphatic hydroxyl groups is 1. The lowest BCUT2D eigenvalue weighted by molar-refractivity contribution is 0.0979. The summed E-state index contributed by atoms with van der Waals surface area (Å²) in [5, 5.41) is 9.84. The van der Waals surface area contributed by atoms with E-state index < -0.39 is 5.60 Å². The van der Waals surface area contributed by atoms with Gasteiger partial charge in [-0.2, -0.15) is 0 Å². The number of carbonyl (C=O) groups excluding carboxylic acids is 2. The first-order chi connectivity index (χ1) is 10.8. The second-order valence-electron chi connectivity index (χ2n) is 5.86. The molecule has 0 aliphatic heterocycles. The highest BCUT2D eigenvalue weighted by atomic mass is 35.5. The Morgan fingerprint density at radius 3 is 2.17 bits per heavy atom. The van der Waals surface area contributed by atoms with E-state index in [2.05, 4.69) is 11.8 Å². The quantitative estimate of drug-likeness (QED) is 0.646. The Hall–Kier alpha value is -2.41. The summed E-state index contributed by atoms with van der Waals surface area (Å²) in [5.74, 6) is 4.91. The van der Waals surface area contributed by atoms with E-state index in [1.807, 2.05) is 0 Å². The number of ketones is 2. The van der Waals surface area contributed by atoms with E-state index in [0.717, 1.165) is 0 Å². The Morgan fingerprint density at radius 1 is 0.957 bits per heavy atom. The normalized spacial score (nSPS) is 13.0. The maximum Gasteiger partial charge on any atom is 0.196 e. The zero-order valence-electron chi connectivity index (χ0n) is 12.6. The van der Waals surface area contributed by atoms with Gasteiger partial charge in [-0.05, 0) is 26.0 Å². The summed E-state index contributed by atoms with van der Waals surface area (Å²) in [6.07, 6.45) is 0. The zero-order chi connectivity index (χ0) is 16.8. The molecule has 1 N–H and O–H groups in total. The minimum Gasteiger partial charge on any atom is -0.378 e. The third-order valence-electron chi connectivity index (χ3n) is 3.53. The van der Waals surface area contributed by atoms with E-state index in [1.54, 1.807) is 50.2 Å². The molecular formula is C19H13ClO3. The monoisotopic (exact) mass is 324 g/mol. The van der Waals surface area contributed by atoms with Gasteiger partial charge in [0.05, 0.1) is 10.6 Å². The lowest BCUT2D eigenvalue weighted by Crippen LogP contribution is -2.21. The summed E-state index contributed by atoms with van der Waals surface area (Å²) in [4.78, 5) is 25.2. The fourth-order valence-electron chi connectivity index (χ4n) is 2.46. The highest BCUT2D eigenvalue weighted by Crippen LogP contribution is 2.33. The number of hydrogen-bond acceptors (Lipinski definition) is 3. The Bertz CT molecular complexity index is 908. The maximum atomic E-state index is 12.7. The van der Waals surface area contributed by atoms with Crippen molar-refractivity contribution in [1.82, 2.24) is 0 Å². The topological polar surface area (TPSA) is 54.4 Å². The molecule has 0 bridgehead atoms. The average molecular weight is 325 g/mol. The van der Waals surface area contributed by atoms with Crippen LogP contribution in [0, 0.1) is 11.8 Å². The molecule has 2 aromatic rings. The van der Waals surface area contributed by atoms with Crippen molar-refractivity contribution in [2.75, 3.05) is 0 Å². The first-order valence-corrected chi connectivity index (χ1v) is 7.44. The molecule has 0 unspecified atom stereocenters. The van der Waals surface area contributed by atoms with Crippen molar-refractivity contribution in [3.8, 4) is 11.8 Å². The molecular weight excluding hydrogens is 312 g/mol. The summed E-state index contributed by atoms with van der Waals surface area (Å²) < 4.78 is 0. The van der Waals surface area contributed by atoms with Crippen LogP contribution in [-0.4, -0.2) is 22.3 Å². The molecule has 3 rings (SSSR count). The minimum atomic E-state index is -1.17. The molecule has 0 amide bonds. The van der Waals surface area contributed by atoms with Gasteiger partial charge in [0.1, 0.15) is 5.60 Å². The maximum absolute atomic E-state index is 12.7. The Kier molecular flexibility index (Phi) is 3.60. The summed E-state index contributed by atoms with van der Waals surface area (Å²) >= 11 is 6.33. The van der Waals surface area contributed by atoms with Crippen molar-refractivity contribution >= 4 is 23.2 Å². The van der Waals surface area contributed by atoms with Gasteiger partial charge in [0.15, 0.2) is 11.6 Å². The summed E-state index contributed by atoms with van der Waals surface area (Å²) in [5.41, 5.74) is 0.431. The number of hydrogen-bond donors (Lipinski definition) is 1. The molecule has 0 heterocycles. The molecule has 0 saturated carbocycles. The molecule has 1 aliphatic rings. The molecule has 0 fully saturated rings. The summed E-state index contributed by atoms with van der Waals surface area (Å²) in [7, 11) is 0. The highest BCUT2D eigenvalue weighted by molar-refractivity contribution is 6.39. The van der Waals surface area contributed by atoms with Crippen LogP contribution in [0.2, 0.25) is 5.02 Å². The fourth-order valence-corrected chi connectivity index (χ4v) is 2.76. The van der Waals surface area contributed by atoms with Gasteiger partial charge in [0, 0.05) is 22.3 Å². The summed E-state index contributed by atoms with van der Waals surface area (Å²) in [6.45, 7) is 3.11. The first kappa shape index (κ1) is 15.5. The first-order valence-electron chi connectivity index (χ1n) is 7.06. The molecule has 23 heavy (non-hydrogen) atoms. The number of rotatable bonds is 0. The fraction of sp³-hybridized carbons (Fsp3) is 0.158. The number of carbonyl (C=O) groups is 2. The van der Waals surface area contributed by atoms with Crippen molar-refractivity contribution in [3.63, 3.8) is 0 Å².